The van der Waals surface area contributed by atoms with Gasteiger partial charge in [0, 0.05) is 23.1 Å². The van der Waals surface area contributed by atoms with Crippen LogP contribution in [-0.4, -0.2) is 34.7 Å². The number of hydrogen-bond donors (Lipinski definition) is 3. The summed E-state index contributed by atoms with van der Waals surface area (Å²) < 4.78 is 0.743. The first-order valence-corrected chi connectivity index (χ1v) is 6.15. The number of carbonyl (C=O) groups is 2. The summed E-state index contributed by atoms with van der Waals surface area (Å²) >= 11 is 3.25. The molecule has 0 aliphatic heterocycles. The molecule has 6 heteroatoms. The standard InChI is InChI=1S/C12H14BrNO4/c1-7-2-3-8(13)6-9(7)11(16)14-10(4-5-15)12(17)18/h2-3,6,10,15H,4-5H2,1H3,(H,14,16)(H,17,18). The Hall–Kier alpha value is -1.40. The number of hydrogen-bond acceptors (Lipinski definition) is 3. The topological polar surface area (TPSA) is 86.6 Å². The summed E-state index contributed by atoms with van der Waals surface area (Å²) in [4.78, 5) is 22.8. The van der Waals surface area contributed by atoms with Gasteiger partial charge in [-0.25, -0.2) is 4.79 Å². The molecule has 0 aliphatic carbocycles. The van der Waals surface area contributed by atoms with E-state index in [1.165, 1.54) is 0 Å². The third kappa shape index (κ3) is 3.82. The lowest BCUT2D eigenvalue weighted by Crippen LogP contribution is -2.41. The molecular weight excluding hydrogens is 302 g/mol. The summed E-state index contributed by atoms with van der Waals surface area (Å²) in [6, 6.07) is 4.11. The van der Waals surface area contributed by atoms with Gasteiger partial charge in [-0.15, -0.1) is 0 Å². The highest BCUT2D eigenvalue weighted by Crippen LogP contribution is 2.16. The van der Waals surface area contributed by atoms with E-state index in [0.29, 0.717) is 5.56 Å². The van der Waals surface area contributed by atoms with E-state index >= 15 is 0 Å². The van der Waals surface area contributed by atoms with E-state index in [1.807, 2.05) is 0 Å². The molecule has 0 aliphatic rings. The van der Waals surface area contributed by atoms with E-state index in [0.717, 1.165) is 10.0 Å². The van der Waals surface area contributed by atoms with Crippen molar-refractivity contribution in [1.29, 1.82) is 0 Å². The van der Waals surface area contributed by atoms with Gasteiger partial charge in [-0.3, -0.25) is 4.79 Å². The number of aliphatic hydroxyl groups is 1. The van der Waals surface area contributed by atoms with Crippen LogP contribution < -0.4 is 5.32 Å². The van der Waals surface area contributed by atoms with Gasteiger partial charge >= 0.3 is 5.97 Å². The Morgan fingerprint density at radius 3 is 2.67 bits per heavy atom. The molecule has 0 radical (unpaired) electrons. The zero-order valence-corrected chi connectivity index (χ0v) is 11.4. The van der Waals surface area contributed by atoms with Crippen LogP contribution in [0.25, 0.3) is 0 Å². The summed E-state index contributed by atoms with van der Waals surface area (Å²) in [5.41, 5.74) is 1.16. The molecule has 1 atom stereocenters. The van der Waals surface area contributed by atoms with Gasteiger partial charge in [0.05, 0.1) is 0 Å². The number of carboxylic acids is 1. The van der Waals surface area contributed by atoms with E-state index < -0.39 is 17.9 Å². The number of amides is 1. The lowest BCUT2D eigenvalue weighted by atomic mass is 10.1. The molecule has 1 aromatic carbocycles. The molecule has 98 valence electrons. The molecule has 3 N–H and O–H groups in total. The number of benzene rings is 1. The number of aliphatic carboxylic acids is 1. The first-order valence-electron chi connectivity index (χ1n) is 5.36. The summed E-state index contributed by atoms with van der Waals surface area (Å²) in [6.07, 6.45) is -0.0197. The third-order valence-corrected chi connectivity index (χ3v) is 2.96. The van der Waals surface area contributed by atoms with Crippen molar-refractivity contribution < 1.29 is 19.8 Å². The molecule has 0 spiro atoms. The van der Waals surface area contributed by atoms with E-state index in [-0.39, 0.29) is 13.0 Å². The second-order valence-corrected chi connectivity index (χ2v) is 4.75. The van der Waals surface area contributed by atoms with Crippen molar-refractivity contribution in [3.05, 3.63) is 33.8 Å². The highest BCUT2D eigenvalue weighted by molar-refractivity contribution is 9.10. The maximum atomic E-state index is 11.9. The van der Waals surface area contributed by atoms with Gasteiger partial charge in [0.1, 0.15) is 6.04 Å². The highest BCUT2D eigenvalue weighted by atomic mass is 79.9. The smallest absolute Gasteiger partial charge is 0.326 e. The van der Waals surface area contributed by atoms with Crippen molar-refractivity contribution in [2.24, 2.45) is 0 Å². The fourth-order valence-corrected chi connectivity index (χ4v) is 1.82. The van der Waals surface area contributed by atoms with Crippen LogP contribution in [0.4, 0.5) is 0 Å². The number of carbonyl (C=O) groups excluding carboxylic acids is 1. The molecule has 1 amide bonds. The maximum Gasteiger partial charge on any atom is 0.326 e. The number of nitrogens with one attached hydrogen (secondary N) is 1. The van der Waals surface area contributed by atoms with Gasteiger partial charge in [-0.05, 0) is 24.6 Å². The van der Waals surface area contributed by atoms with E-state index in [2.05, 4.69) is 21.2 Å². The molecule has 0 heterocycles. The minimum atomic E-state index is -1.16. The molecule has 1 unspecified atom stereocenters. The molecule has 5 nitrogen and oxygen atoms in total. The monoisotopic (exact) mass is 315 g/mol. The Morgan fingerprint density at radius 2 is 2.11 bits per heavy atom. The van der Waals surface area contributed by atoms with Gasteiger partial charge in [0.15, 0.2) is 0 Å². The molecular formula is C12H14BrNO4. The van der Waals surface area contributed by atoms with Crippen molar-refractivity contribution in [1.82, 2.24) is 5.32 Å². The van der Waals surface area contributed by atoms with Crippen LogP contribution >= 0.6 is 15.9 Å². The molecule has 0 aromatic heterocycles. The fourth-order valence-electron chi connectivity index (χ4n) is 1.46. The molecule has 0 saturated heterocycles. The normalized spacial score (nSPS) is 11.9. The Labute approximate surface area is 113 Å². The van der Waals surface area contributed by atoms with Crippen molar-refractivity contribution >= 4 is 27.8 Å². The van der Waals surface area contributed by atoms with E-state index in [4.69, 9.17) is 10.2 Å². The molecule has 0 fully saturated rings. The Bertz CT molecular complexity index is 461. The van der Waals surface area contributed by atoms with Gasteiger partial charge in [0.2, 0.25) is 0 Å². The van der Waals surface area contributed by atoms with Crippen LogP contribution in [0.15, 0.2) is 22.7 Å². The SMILES string of the molecule is Cc1ccc(Br)cc1C(=O)NC(CCO)C(=O)O. The zero-order valence-electron chi connectivity index (χ0n) is 9.81. The zero-order chi connectivity index (χ0) is 13.7. The van der Waals surface area contributed by atoms with Gasteiger partial charge in [-0.1, -0.05) is 22.0 Å². The minimum Gasteiger partial charge on any atom is -0.480 e. The van der Waals surface area contributed by atoms with Gasteiger partial charge < -0.3 is 15.5 Å². The predicted molar refractivity (Wildman–Crippen MR) is 69.5 cm³/mol. The van der Waals surface area contributed by atoms with Crippen LogP contribution in [0.5, 0.6) is 0 Å². The van der Waals surface area contributed by atoms with Crippen molar-refractivity contribution in [3.8, 4) is 0 Å². The lowest BCUT2D eigenvalue weighted by molar-refractivity contribution is -0.139. The number of rotatable bonds is 5. The third-order valence-electron chi connectivity index (χ3n) is 2.47. The van der Waals surface area contributed by atoms with Crippen LogP contribution in [0, 0.1) is 6.92 Å². The van der Waals surface area contributed by atoms with Gasteiger partial charge in [-0.2, -0.15) is 0 Å². The van der Waals surface area contributed by atoms with E-state index in [1.54, 1.807) is 25.1 Å². The molecule has 1 rings (SSSR count). The van der Waals surface area contributed by atoms with Crippen molar-refractivity contribution in [2.45, 2.75) is 19.4 Å². The summed E-state index contributed by atoms with van der Waals surface area (Å²) in [6.45, 7) is 1.47. The van der Waals surface area contributed by atoms with E-state index in [9.17, 15) is 9.59 Å². The quantitative estimate of drug-likeness (QED) is 0.765. The Kier molecular flexibility index (Phi) is 5.30. The summed E-state index contributed by atoms with van der Waals surface area (Å²) in [7, 11) is 0. The highest BCUT2D eigenvalue weighted by Gasteiger charge is 2.20. The molecule has 1 aromatic rings. The Morgan fingerprint density at radius 1 is 1.44 bits per heavy atom. The average molecular weight is 316 g/mol. The molecule has 0 saturated carbocycles. The van der Waals surface area contributed by atoms with Crippen molar-refractivity contribution in [3.63, 3.8) is 0 Å². The molecule has 0 bridgehead atoms. The maximum absolute atomic E-state index is 11.9. The van der Waals surface area contributed by atoms with Crippen LogP contribution in [0.3, 0.4) is 0 Å². The fraction of sp³-hybridized carbons (Fsp3) is 0.333. The van der Waals surface area contributed by atoms with Crippen LogP contribution in [-0.2, 0) is 4.79 Å². The predicted octanol–water partition coefficient (Wildman–Crippen LogP) is 1.32. The second-order valence-electron chi connectivity index (χ2n) is 3.84. The summed E-state index contributed by atoms with van der Waals surface area (Å²) in [5.74, 6) is -1.63. The second kappa shape index (κ2) is 6.51. The van der Waals surface area contributed by atoms with Crippen LogP contribution in [0.1, 0.15) is 22.3 Å². The Balaban J connectivity index is 2.86. The van der Waals surface area contributed by atoms with Crippen LogP contribution in [0.2, 0.25) is 0 Å². The van der Waals surface area contributed by atoms with Gasteiger partial charge in [0.25, 0.3) is 5.91 Å². The molecule has 18 heavy (non-hydrogen) atoms. The largest absolute Gasteiger partial charge is 0.480 e. The number of aliphatic hydroxyl groups excluding tert-OH is 1. The number of aryl methyl sites for hydroxylation is 1. The first-order chi connectivity index (χ1) is 8.45. The van der Waals surface area contributed by atoms with Crippen molar-refractivity contribution in [2.75, 3.05) is 6.61 Å². The number of carboxylic acid groups (broad SMARTS) is 1. The number of halogens is 1. The average Bonchev–Trinajstić information content (AvgIpc) is 2.31. The minimum absolute atomic E-state index is 0.0197. The lowest BCUT2D eigenvalue weighted by Gasteiger charge is -2.14. The first kappa shape index (κ1) is 14.7. The summed E-state index contributed by atoms with van der Waals surface area (Å²) in [5, 5.41) is 20.0.